The molecule has 4 aromatic heterocycles. The van der Waals surface area contributed by atoms with Crippen LogP contribution in [0.5, 0.6) is 0 Å². The van der Waals surface area contributed by atoms with Gasteiger partial charge in [0, 0.05) is 60.8 Å². The average Bonchev–Trinajstić information content (AvgIpc) is 3.81. The van der Waals surface area contributed by atoms with Gasteiger partial charge >= 0.3 is 0 Å². The van der Waals surface area contributed by atoms with Gasteiger partial charge in [-0.05, 0) is 36.4 Å². The van der Waals surface area contributed by atoms with Crippen molar-refractivity contribution in [2.75, 3.05) is 0 Å². The summed E-state index contributed by atoms with van der Waals surface area (Å²) in [5.41, 5.74) is 12.3. The lowest BCUT2D eigenvalue weighted by molar-refractivity contribution is 1.07. The van der Waals surface area contributed by atoms with E-state index >= 15 is 0 Å². The lowest BCUT2D eigenvalue weighted by atomic mass is 10.0. The highest BCUT2D eigenvalue weighted by Gasteiger charge is 2.23. The van der Waals surface area contributed by atoms with Crippen molar-refractivity contribution >= 4 is 21.8 Å². The number of aromatic nitrogens is 9. The Morgan fingerprint density at radius 1 is 0.219 bits per heavy atom. The van der Waals surface area contributed by atoms with Gasteiger partial charge in [0.1, 0.15) is 0 Å². The van der Waals surface area contributed by atoms with Gasteiger partial charge in [0.15, 0.2) is 40.8 Å². The zero-order valence-corrected chi connectivity index (χ0v) is 39.2. The fourth-order valence-electron chi connectivity index (χ4n) is 9.38. The van der Waals surface area contributed by atoms with Crippen LogP contribution in [0.25, 0.3) is 130 Å². The Morgan fingerprint density at radius 3 is 1.00 bits per heavy atom. The molecule has 0 bridgehead atoms. The molecule has 0 saturated carbocycles. The van der Waals surface area contributed by atoms with Crippen molar-refractivity contribution in [3.8, 4) is 108 Å². The monoisotopic (exact) mass is 935 g/mol. The Morgan fingerprint density at radius 2 is 0.562 bits per heavy atom. The van der Waals surface area contributed by atoms with E-state index in [0.717, 1.165) is 89.0 Å². The van der Waals surface area contributed by atoms with Crippen LogP contribution in [-0.2, 0) is 0 Å². The van der Waals surface area contributed by atoms with E-state index in [1.807, 2.05) is 158 Å². The van der Waals surface area contributed by atoms with E-state index in [1.54, 1.807) is 0 Å². The summed E-state index contributed by atoms with van der Waals surface area (Å²) in [5, 5.41) is 2.16. The molecule has 9 nitrogen and oxygen atoms in total. The van der Waals surface area contributed by atoms with E-state index in [0.29, 0.717) is 40.8 Å². The van der Waals surface area contributed by atoms with Crippen LogP contribution in [0, 0.1) is 0 Å². The van der Waals surface area contributed by atoms with Crippen molar-refractivity contribution in [1.82, 2.24) is 44.4 Å². The molecule has 0 saturated heterocycles. The van der Waals surface area contributed by atoms with Gasteiger partial charge in [-0.1, -0.05) is 212 Å². The van der Waals surface area contributed by atoms with Gasteiger partial charge in [0.05, 0.1) is 28.1 Å². The number of fused-ring (bicyclic) bond motifs is 3. The number of hydrogen-bond donors (Lipinski definition) is 0. The summed E-state index contributed by atoms with van der Waals surface area (Å²) in [4.78, 5) is 41.5. The molecule has 0 aliphatic carbocycles. The molecule has 0 radical (unpaired) electrons. The first-order valence-corrected chi connectivity index (χ1v) is 24.1. The second-order valence-corrected chi connectivity index (χ2v) is 17.6. The summed E-state index contributed by atoms with van der Waals surface area (Å²) in [5.74, 6) is 3.95. The largest absolute Gasteiger partial charge is 0.308 e. The summed E-state index contributed by atoms with van der Waals surface area (Å²) in [7, 11) is 0. The smallest absolute Gasteiger partial charge is 0.164 e. The molecule has 9 aromatic carbocycles. The zero-order chi connectivity index (χ0) is 48.5. The predicted molar refractivity (Wildman–Crippen MR) is 292 cm³/mol. The van der Waals surface area contributed by atoms with Gasteiger partial charge in [-0.3, -0.25) is 0 Å². The maximum Gasteiger partial charge on any atom is 0.164 e. The van der Waals surface area contributed by atoms with Crippen molar-refractivity contribution in [2.24, 2.45) is 0 Å². The molecule has 0 spiro atoms. The Hall–Kier alpha value is -10.1. The Labute approximate surface area is 421 Å². The summed E-state index contributed by atoms with van der Waals surface area (Å²) in [6.07, 6.45) is 0. The number of nitrogens with zero attached hydrogens (tertiary/aromatic N) is 9. The highest BCUT2D eigenvalue weighted by Crippen LogP contribution is 2.40. The van der Waals surface area contributed by atoms with Gasteiger partial charge in [-0.15, -0.1) is 0 Å². The van der Waals surface area contributed by atoms with Crippen molar-refractivity contribution in [1.29, 1.82) is 0 Å². The fourth-order valence-corrected chi connectivity index (χ4v) is 9.38. The second kappa shape index (κ2) is 18.7. The molecule has 0 unspecified atom stereocenters. The van der Waals surface area contributed by atoms with Gasteiger partial charge < -0.3 is 4.57 Å². The molecule has 9 heteroatoms. The van der Waals surface area contributed by atoms with Gasteiger partial charge in [-0.25, -0.2) is 39.9 Å². The quantitative estimate of drug-likeness (QED) is 0.133. The molecule has 0 atom stereocenters. The third-order valence-electron chi connectivity index (χ3n) is 12.9. The highest BCUT2D eigenvalue weighted by molar-refractivity contribution is 6.10. The summed E-state index contributed by atoms with van der Waals surface area (Å²) < 4.78 is 2.31. The normalized spacial score (nSPS) is 11.3. The van der Waals surface area contributed by atoms with Crippen LogP contribution in [0.1, 0.15) is 0 Å². The zero-order valence-electron chi connectivity index (χ0n) is 39.2. The van der Waals surface area contributed by atoms with Crippen LogP contribution in [0.4, 0.5) is 0 Å². The van der Waals surface area contributed by atoms with Crippen molar-refractivity contribution in [3.05, 3.63) is 249 Å². The third-order valence-corrected chi connectivity index (χ3v) is 12.9. The first kappa shape index (κ1) is 42.9. The molecule has 342 valence electrons. The summed E-state index contributed by atoms with van der Waals surface area (Å²) >= 11 is 0. The van der Waals surface area contributed by atoms with E-state index in [9.17, 15) is 0 Å². The molecule has 0 amide bonds. The number of para-hydroxylation sites is 1. The average molecular weight is 936 g/mol. The summed E-state index contributed by atoms with van der Waals surface area (Å²) in [6.45, 7) is 0. The second-order valence-electron chi connectivity index (χ2n) is 17.6. The van der Waals surface area contributed by atoms with Gasteiger partial charge in [0.25, 0.3) is 0 Å². The highest BCUT2D eigenvalue weighted by atomic mass is 15.1. The van der Waals surface area contributed by atoms with E-state index < -0.39 is 0 Å². The Balaban J connectivity index is 1.08. The molecule has 13 aromatic rings. The maximum absolute atomic E-state index is 5.43. The molecular weight excluding hydrogens is 895 g/mol. The molecule has 0 fully saturated rings. The van der Waals surface area contributed by atoms with Crippen LogP contribution >= 0.6 is 0 Å². The minimum absolute atomic E-state index is 0.519. The van der Waals surface area contributed by atoms with Crippen LogP contribution in [-0.4, -0.2) is 44.4 Å². The molecule has 13 rings (SSSR count). The van der Waals surface area contributed by atoms with E-state index in [2.05, 4.69) is 95.6 Å². The van der Waals surface area contributed by atoms with Crippen LogP contribution < -0.4 is 0 Å². The number of hydrogen-bond acceptors (Lipinski definition) is 8. The SMILES string of the molecule is c1ccc(-c2cc(-c3ccccc3)nc(-c3cc(-c4nc(-c5ccccc5)nc(-c5ccccc5)n4)ccc3-n3c4ccccc4c4ccc(-c5nc(-c6ccccc6)nc(-c6ccccc6)n5)cc43)n2)cc1. The van der Waals surface area contributed by atoms with Gasteiger partial charge in [0.2, 0.25) is 0 Å². The third kappa shape index (κ3) is 8.36. The molecular formula is C64H41N9. The lowest BCUT2D eigenvalue weighted by Crippen LogP contribution is -2.04. The first-order valence-electron chi connectivity index (χ1n) is 24.1. The van der Waals surface area contributed by atoms with Crippen LogP contribution in [0.3, 0.4) is 0 Å². The van der Waals surface area contributed by atoms with E-state index in [4.69, 9.17) is 39.9 Å². The Kier molecular flexibility index (Phi) is 11.0. The standard InChI is InChI=1S/C64H41N9/c1-7-21-42(22-8-1)53-41-54(43-23-9-2-10-24-43)66-64(65-53)52-39-48(62-69-58(44-25-11-3-12-26-44)67-59(70-62)45-27-13-4-14-28-45)36-38-56(52)73-55-34-20-19-33-50(55)51-37-35-49(40-57(51)73)63-71-60(46-29-15-5-16-30-46)68-61(72-63)47-31-17-6-18-32-47/h1-41H. The van der Waals surface area contributed by atoms with Crippen molar-refractivity contribution in [3.63, 3.8) is 0 Å². The first-order chi connectivity index (χ1) is 36.2. The van der Waals surface area contributed by atoms with E-state index in [-0.39, 0.29) is 0 Å². The molecule has 0 N–H and O–H groups in total. The molecule has 0 aliphatic rings. The molecule has 73 heavy (non-hydrogen) atoms. The van der Waals surface area contributed by atoms with E-state index in [1.165, 1.54) is 0 Å². The molecule has 0 aliphatic heterocycles. The lowest BCUT2D eigenvalue weighted by Gasteiger charge is -2.17. The number of benzene rings is 9. The van der Waals surface area contributed by atoms with Crippen molar-refractivity contribution < 1.29 is 0 Å². The Bertz CT molecular complexity index is 3940. The summed E-state index contributed by atoms with van der Waals surface area (Å²) in [6, 6.07) is 84.1. The topological polar surface area (TPSA) is 108 Å². The van der Waals surface area contributed by atoms with Crippen LogP contribution in [0.2, 0.25) is 0 Å². The van der Waals surface area contributed by atoms with Gasteiger partial charge in [-0.2, -0.15) is 0 Å². The van der Waals surface area contributed by atoms with Crippen LogP contribution in [0.15, 0.2) is 249 Å². The minimum atomic E-state index is 0.519. The minimum Gasteiger partial charge on any atom is -0.308 e. The predicted octanol–water partition coefficient (Wildman–Crippen LogP) is 14.9. The molecule has 4 heterocycles. The maximum atomic E-state index is 5.43. The number of rotatable bonds is 10. The van der Waals surface area contributed by atoms with Crippen molar-refractivity contribution in [2.45, 2.75) is 0 Å². The fraction of sp³-hybridized carbons (Fsp3) is 0.